The van der Waals surface area contributed by atoms with E-state index in [0.717, 1.165) is 37.5 Å². The van der Waals surface area contributed by atoms with Crippen molar-refractivity contribution in [1.82, 2.24) is 15.1 Å². The second-order valence-electron chi connectivity index (χ2n) is 6.84. The lowest BCUT2D eigenvalue weighted by Crippen LogP contribution is -2.36. The Bertz CT molecular complexity index is 708. The molecule has 2 saturated heterocycles. The van der Waals surface area contributed by atoms with E-state index in [2.05, 4.69) is 27.5 Å². The van der Waals surface area contributed by atoms with Crippen LogP contribution in [-0.4, -0.2) is 73.5 Å². The van der Waals surface area contributed by atoms with Crippen LogP contribution in [0, 0.1) is 0 Å². The van der Waals surface area contributed by atoms with Gasteiger partial charge in [0.15, 0.2) is 0 Å². The van der Waals surface area contributed by atoms with Crippen LogP contribution in [-0.2, 0) is 9.59 Å². The molecule has 1 aromatic rings. The molecular weight excluding hydrogens is 334 g/mol. The van der Waals surface area contributed by atoms with Crippen LogP contribution in [0.1, 0.15) is 13.3 Å². The summed E-state index contributed by atoms with van der Waals surface area (Å²) in [5.41, 5.74) is 0.852. The topological polar surface area (TPSA) is 85.0 Å². The molecule has 2 aliphatic heterocycles. The average molecular weight is 359 g/mol. The summed E-state index contributed by atoms with van der Waals surface area (Å²) < 4.78 is 0. The first-order valence-corrected chi connectivity index (χ1v) is 8.90. The lowest BCUT2D eigenvalue weighted by Gasteiger charge is -2.21. The smallest absolute Gasteiger partial charge is 0.326 e. The molecule has 0 spiro atoms. The van der Waals surface area contributed by atoms with Gasteiger partial charge in [0.25, 0.3) is 5.91 Å². The summed E-state index contributed by atoms with van der Waals surface area (Å²) in [4.78, 5) is 42.3. The first kappa shape index (κ1) is 18.3. The van der Waals surface area contributed by atoms with E-state index in [9.17, 15) is 14.4 Å². The van der Waals surface area contributed by atoms with Crippen LogP contribution in [0.5, 0.6) is 0 Å². The zero-order valence-electron chi connectivity index (χ0n) is 15.2. The number of rotatable bonds is 4. The van der Waals surface area contributed by atoms with Crippen molar-refractivity contribution in [2.45, 2.75) is 19.4 Å². The predicted octanol–water partition coefficient (Wildman–Crippen LogP) is 0.707. The van der Waals surface area contributed by atoms with Crippen molar-refractivity contribution < 1.29 is 14.4 Å². The minimum Gasteiger partial charge on any atom is -0.326 e. The normalized spacial score (nSPS) is 22.2. The third-order valence-electron chi connectivity index (χ3n) is 4.73. The van der Waals surface area contributed by atoms with Crippen molar-refractivity contribution in [2.24, 2.45) is 0 Å². The van der Waals surface area contributed by atoms with Crippen molar-refractivity contribution >= 4 is 29.2 Å². The number of anilines is 2. The third-order valence-corrected chi connectivity index (χ3v) is 4.73. The van der Waals surface area contributed by atoms with Gasteiger partial charge in [0, 0.05) is 13.1 Å². The SMILES string of the molecule is CC1NC(=O)N(c2ccccc2NC(=O)CN2CCCN(C)CC2)C1=O. The highest BCUT2D eigenvalue weighted by molar-refractivity contribution is 6.23. The minimum absolute atomic E-state index is 0.151. The highest BCUT2D eigenvalue weighted by Crippen LogP contribution is 2.28. The lowest BCUT2D eigenvalue weighted by atomic mass is 10.2. The molecule has 0 aliphatic carbocycles. The van der Waals surface area contributed by atoms with Gasteiger partial charge in [-0.05, 0) is 45.6 Å². The zero-order chi connectivity index (χ0) is 18.7. The van der Waals surface area contributed by atoms with Crippen molar-refractivity contribution in [1.29, 1.82) is 0 Å². The van der Waals surface area contributed by atoms with Crippen molar-refractivity contribution in [3.8, 4) is 0 Å². The van der Waals surface area contributed by atoms with Crippen LogP contribution >= 0.6 is 0 Å². The van der Waals surface area contributed by atoms with E-state index in [1.54, 1.807) is 31.2 Å². The van der Waals surface area contributed by atoms with Gasteiger partial charge in [-0.25, -0.2) is 9.69 Å². The summed E-state index contributed by atoms with van der Waals surface area (Å²) in [6.45, 7) is 5.62. The van der Waals surface area contributed by atoms with E-state index >= 15 is 0 Å². The summed E-state index contributed by atoms with van der Waals surface area (Å²) >= 11 is 0. The van der Waals surface area contributed by atoms with Crippen LogP contribution < -0.4 is 15.5 Å². The van der Waals surface area contributed by atoms with Gasteiger partial charge in [-0.3, -0.25) is 14.5 Å². The Morgan fingerprint density at radius 2 is 1.96 bits per heavy atom. The number of nitrogens with one attached hydrogen (secondary N) is 2. The maximum Gasteiger partial charge on any atom is 0.329 e. The van der Waals surface area contributed by atoms with E-state index in [4.69, 9.17) is 0 Å². The Labute approximate surface area is 153 Å². The predicted molar refractivity (Wildman–Crippen MR) is 99.1 cm³/mol. The summed E-state index contributed by atoms with van der Waals surface area (Å²) in [7, 11) is 2.08. The molecule has 1 aromatic carbocycles. The van der Waals surface area contributed by atoms with Gasteiger partial charge >= 0.3 is 6.03 Å². The molecule has 3 rings (SSSR count). The molecule has 0 bridgehead atoms. The molecule has 2 N–H and O–H groups in total. The maximum absolute atomic E-state index is 12.5. The molecule has 0 saturated carbocycles. The van der Waals surface area contributed by atoms with Crippen LogP contribution in [0.2, 0.25) is 0 Å². The molecule has 2 aliphatic rings. The second kappa shape index (κ2) is 7.84. The molecule has 0 radical (unpaired) electrons. The Morgan fingerprint density at radius 3 is 2.69 bits per heavy atom. The molecule has 2 heterocycles. The fraction of sp³-hybridized carbons (Fsp3) is 0.500. The third kappa shape index (κ3) is 4.03. The number of amides is 4. The van der Waals surface area contributed by atoms with Crippen LogP contribution in [0.3, 0.4) is 0 Å². The summed E-state index contributed by atoms with van der Waals surface area (Å²) in [5, 5.41) is 5.44. The number of urea groups is 1. The molecule has 0 aromatic heterocycles. The minimum atomic E-state index is -0.569. The van der Waals surface area contributed by atoms with E-state index in [1.165, 1.54) is 0 Å². The fourth-order valence-electron chi connectivity index (χ4n) is 3.26. The molecule has 140 valence electrons. The number of imide groups is 1. The summed E-state index contributed by atoms with van der Waals surface area (Å²) in [6, 6.07) is 5.82. The number of nitrogens with zero attached hydrogens (tertiary/aromatic N) is 3. The Hall–Kier alpha value is -2.45. The Balaban J connectivity index is 1.69. The van der Waals surface area contributed by atoms with Crippen molar-refractivity contribution in [3.63, 3.8) is 0 Å². The Morgan fingerprint density at radius 1 is 1.19 bits per heavy atom. The van der Waals surface area contributed by atoms with Gasteiger partial charge < -0.3 is 15.5 Å². The quantitative estimate of drug-likeness (QED) is 0.774. The highest BCUT2D eigenvalue weighted by Gasteiger charge is 2.37. The summed E-state index contributed by atoms with van der Waals surface area (Å²) in [6.07, 6.45) is 1.03. The number of likely N-dealkylation sites (N-methyl/N-ethyl adjacent to an activating group) is 1. The molecule has 1 unspecified atom stereocenters. The van der Waals surface area contributed by atoms with Gasteiger partial charge in [-0.1, -0.05) is 12.1 Å². The van der Waals surface area contributed by atoms with E-state index in [-0.39, 0.29) is 11.8 Å². The zero-order valence-corrected chi connectivity index (χ0v) is 15.2. The molecule has 4 amide bonds. The first-order valence-electron chi connectivity index (χ1n) is 8.90. The number of hydrogen-bond acceptors (Lipinski definition) is 5. The van der Waals surface area contributed by atoms with Crippen molar-refractivity contribution in [2.75, 3.05) is 50.0 Å². The van der Waals surface area contributed by atoms with Crippen LogP contribution in [0.15, 0.2) is 24.3 Å². The van der Waals surface area contributed by atoms with E-state index < -0.39 is 12.1 Å². The molecule has 8 nitrogen and oxygen atoms in total. The standard InChI is InChI=1S/C18H25N5O3/c1-13-17(25)23(18(26)19-13)15-7-4-3-6-14(15)20-16(24)12-22-9-5-8-21(2)10-11-22/h3-4,6-7,13H,5,8-12H2,1-2H3,(H,19,26)(H,20,24). The van der Waals surface area contributed by atoms with Gasteiger partial charge in [0.2, 0.25) is 5.91 Å². The van der Waals surface area contributed by atoms with Crippen molar-refractivity contribution in [3.05, 3.63) is 24.3 Å². The molecule has 8 heteroatoms. The van der Waals surface area contributed by atoms with Gasteiger partial charge in [0.1, 0.15) is 6.04 Å². The average Bonchev–Trinajstić information content (AvgIpc) is 2.74. The number of carbonyl (C=O) groups excluding carboxylic acids is 3. The number of benzene rings is 1. The fourth-order valence-corrected chi connectivity index (χ4v) is 3.26. The first-order chi connectivity index (χ1) is 12.5. The van der Waals surface area contributed by atoms with Crippen LogP contribution in [0.25, 0.3) is 0 Å². The second-order valence-corrected chi connectivity index (χ2v) is 6.84. The van der Waals surface area contributed by atoms with E-state index in [1.807, 2.05) is 0 Å². The highest BCUT2D eigenvalue weighted by atomic mass is 16.2. The maximum atomic E-state index is 12.5. The van der Waals surface area contributed by atoms with Gasteiger partial charge in [-0.2, -0.15) is 0 Å². The monoisotopic (exact) mass is 359 g/mol. The van der Waals surface area contributed by atoms with E-state index in [0.29, 0.717) is 17.9 Å². The number of hydrogen-bond donors (Lipinski definition) is 2. The number of carbonyl (C=O) groups is 3. The van der Waals surface area contributed by atoms with Crippen LogP contribution in [0.4, 0.5) is 16.2 Å². The number of para-hydroxylation sites is 2. The lowest BCUT2D eigenvalue weighted by molar-refractivity contribution is -0.118. The van der Waals surface area contributed by atoms with Gasteiger partial charge in [-0.15, -0.1) is 0 Å². The van der Waals surface area contributed by atoms with Gasteiger partial charge in [0.05, 0.1) is 17.9 Å². The summed E-state index contributed by atoms with van der Waals surface area (Å²) in [5.74, 6) is -0.477. The molecular formula is C18H25N5O3. The molecule has 2 fully saturated rings. The largest absolute Gasteiger partial charge is 0.329 e. The molecule has 26 heavy (non-hydrogen) atoms. The molecule has 1 atom stereocenters. The Kier molecular flexibility index (Phi) is 5.53.